The van der Waals surface area contributed by atoms with Crippen LogP contribution in [0.15, 0.2) is 18.2 Å². The molecule has 6 nitrogen and oxygen atoms in total. The van der Waals surface area contributed by atoms with Crippen LogP contribution in [0.25, 0.3) is 0 Å². The summed E-state index contributed by atoms with van der Waals surface area (Å²) >= 11 is 5.82. The number of carboxylic acids is 1. The van der Waals surface area contributed by atoms with E-state index in [1.54, 1.807) is 25.1 Å². The fourth-order valence-electron chi connectivity index (χ4n) is 1.39. The lowest BCUT2D eigenvalue weighted by molar-refractivity contribution is -0.140. The number of aliphatic carboxylic acids is 1. The quantitative estimate of drug-likeness (QED) is 0.771. The molecule has 0 aromatic heterocycles. The van der Waals surface area contributed by atoms with Crippen LogP contribution in [0.5, 0.6) is 0 Å². The van der Waals surface area contributed by atoms with E-state index in [1.165, 1.54) is 7.11 Å². The molecule has 19 heavy (non-hydrogen) atoms. The average Bonchev–Trinajstić information content (AvgIpc) is 2.33. The van der Waals surface area contributed by atoms with E-state index in [4.69, 9.17) is 21.4 Å². The fraction of sp³-hybridized carbons (Fsp3) is 0.333. The molecule has 104 valence electrons. The van der Waals surface area contributed by atoms with E-state index in [9.17, 15) is 9.59 Å². The number of rotatable bonds is 5. The highest BCUT2D eigenvalue weighted by molar-refractivity contribution is 6.31. The van der Waals surface area contributed by atoms with Gasteiger partial charge in [0.15, 0.2) is 6.04 Å². The molecule has 0 fully saturated rings. The van der Waals surface area contributed by atoms with Crippen molar-refractivity contribution in [3.05, 3.63) is 28.8 Å². The van der Waals surface area contributed by atoms with Crippen LogP contribution in [0.4, 0.5) is 10.5 Å². The molecule has 0 aliphatic carbocycles. The van der Waals surface area contributed by atoms with E-state index in [0.717, 1.165) is 5.56 Å². The SMILES string of the molecule is COCC(NC(=O)Nc1cc(Cl)ccc1C)C(=O)O. The number of carboxylic acid groups (broad SMARTS) is 1. The maximum atomic E-state index is 11.7. The number of carbonyl (C=O) groups is 2. The Morgan fingerprint density at radius 2 is 2.16 bits per heavy atom. The van der Waals surface area contributed by atoms with E-state index in [1.807, 2.05) is 0 Å². The molecule has 1 aromatic carbocycles. The number of anilines is 1. The van der Waals surface area contributed by atoms with Crippen molar-refractivity contribution < 1.29 is 19.4 Å². The van der Waals surface area contributed by atoms with Gasteiger partial charge < -0.3 is 20.5 Å². The Bertz CT molecular complexity index is 479. The Balaban J connectivity index is 2.68. The molecule has 1 rings (SSSR count). The lowest BCUT2D eigenvalue weighted by Crippen LogP contribution is -2.45. The van der Waals surface area contributed by atoms with Gasteiger partial charge in [0.05, 0.1) is 6.61 Å². The Morgan fingerprint density at radius 3 is 2.74 bits per heavy atom. The van der Waals surface area contributed by atoms with Gasteiger partial charge in [-0.1, -0.05) is 17.7 Å². The molecule has 1 unspecified atom stereocenters. The molecule has 0 saturated carbocycles. The fourth-order valence-corrected chi connectivity index (χ4v) is 1.56. The second-order valence-corrected chi connectivity index (χ2v) is 4.34. The first-order chi connectivity index (χ1) is 8.93. The number of ether oxygens (including phenoxy) is 1. The predicted molar refractivity (Wildman–Crippen MR) is 71.6 cm³/mol. The number of nitrogens with one attached hydrogen (secondary N) is 2. The highest BCUT2D eigenvalue weighted by atomic mass is 35.5. The van der Waals surface area contributed by atoms with Crippen LogP contribution in [0.2, 0.25) is 5.02 Å². The normalized spacial score (nSPS) is 11.7. The highest BCUT2D eigenvalue weighted by Crippen LogP contribution is 2.19. The number of carbonyl (C=O) groups excluding carboxylic acids is 1. The highest BCUT2D eigenvalue weighted by Gasteiger charge is 2.19. The summed E-state index contributed by atoms with van der Waals surface area (Å²) in [5.74, 6) is -1.17. The minimum Gasteiger partial charge on any atom is -0.480 e. The van der Waals surface area contributed by atoms with Crippen LogP contribution < -0.4 is 10.6 Å². The molecule has 3 N–H and O–H groups in total. The summed E-state index contributed by atoms with van der Waals surface area (Å²) in [4.78, 5) is 22.5. The van der Waals surface area contributed by atoms with Crippen LogP contribution in [0.1, 0.15) is 5.56 Å². The summed E-state index contributed by atoms with van der Waals surface area (Å²) in [7, 11) is 1.36. The zero-order valence-corrected chi connectivity index (χ0v) is 11.3. The summed E-state index contributed by atoms with van der Waals surface area (Å²) in [5, 5.41) is 14.2. The monoisotopic (exact) mass is 286 g/mol. The Labute approximate surface area is 115 Å². The minimum absolute atomic E-state index is 0.114. The van der Waals surface area contributed by atoms with Gasteiger partial charge in [-0.25, -0.2) is 9.59 Å². The maximum absolute atomic E-state index is 11.7. The number of hydrogen-bond donors (Lipinski definition) is 3. The number of urea groups is 1. The van der Waals surface area contributed by atoms with Gasteiger partial charge in [-0.2, -0.15) is 0 Å². The van der Waals surface area contributed by atoms with Crippen molar-refractivity contribution in [2.45, 2.75) is 13.0 Å². The van der Waals surface area contributed by atoms with E-state index in [-0.39, 0.29) is 6.61 Å². The third kappa shape index (κ3) is 4.76. The molecule has 2 amide bonds. The topological polar surface area (TPSA) is 87.7 Å². The van der Waals surface area contributed by atoms with Crippen molar-refractivity contribution in [1.29, 1.82) is 0 Å². The third-order valence-electron chi connectivity index (χ3n) is 2.38. The van der Waals surface area contributed by atoms with Crippen molar-refractivity contribution in [2.75, 3.05) is 19.0 Å². The van der Waals surface area contributed by atoms with Gasteiger partial charge in [0.2, 0.25) is 0 Å². The van der Waals surface area contributed by atoms with Crippen molar-refractivity contribution in [2.24, 2.45) is 0 Å². The molecule has 0 saturated heterocycles. The van der Waals surface area contributed by atoms with Crippen molar-refractivity contribution in [1.82, 2.24) is 5.32 Å². The number of benzene rings is 1. The zero-order valence-electron chi connectivity index (χ0n) is 10.6. The molecular weight excluding hydrogens is 272 g/mol. The number of methoxy groups -OCH3 is 1. The number of amides is 2. The smallest absolute Gasteiger partial charge is 0.328 e. The first-order valence-corrected chi connectivity index (χ1v) is 5.87. The van der Waals surface area contributed by atoms with Crippen LogP contribution in [0, 0.1) is 6.92 Å². The van der Waals surface area contributed by atoms with Crippen molar-refractivity contribution >= 4 is 29.3 Å². The van der Waals surface area contributed by atoms with Crippen LogP contribution in [-0.4, -0.2) is 36.9 Å². The van der Waals surface area contributed by atoms with Crippen molar-refractivity contribution in [3.63, 3.8) is 0 Å². The summed E-state index contributed by atoms with van der Waals surface area (Å²) in [5.41, 5.74) is 1.34. The lowest BCUT2D eigenvalue weighted by Gasteiger charge is -2.15. The van der Waals surface area contributed by atoms with Gasteiger partial charge in [-0.15, -0.1) is 0 Å². The van der Waals surface area contributed by atoms with Gasteiger partial charge in [-0.05, 0) is 24.6 Å². The summed E-state index contributed by atoms with van der Waals surface area (Å²) in [6.07, 6.45) is 0. The molecule has 7 heteroatoms. The molecule has 0 heterocycles. The predicted octanol–water partition coefficient (Wildman–Crippen LogP) is 1.87. The standard InChI is InChI=1S/C12H15ClN2O4/c1-7-3-4-8(13)5-9(7)14-12(18)15-10(6-19-2)11(16)17/h3-5,10H,6H2,1-2H3,(H,16,17)(H2,14,15,18). The molecule has 0 spiro atoms. The van der Waals surface area contributed by atoms with Crippen LogP contribution in [0.3, 0.4) is 0 Å². The van der Waals surface area contributed by atoms with Crippen molar-refractivity contribution in [3.8, 4) is 0 Å². The molecule has 0 aliphatic rings. The molecular formula is C12H15ClN2O4. The van der Waals surface area contributed by atoms with Crippen LogP contribution in [-0.2, 0) is 9.53 Å². The Hall–Kier alpha value is -1.79. The lowest BCUT2D eigenvalue weighted by atomic mass is 10.2. The van der Waals surface area contributed by atoms with Gasteiger partial charge in [-0.3, -0.25) is 0 Å². The summed E-state index contributed by atoms with van der Waals surface area (Å²) in [6, 6.07) is 3.30. The van der Waals surface area contributed by atoms with Gasteiger partial charge >= 0.3 is 12.0 Å². The second kappa shape index (κ2) is 6.96. The Kier molecular flexibility index (Phi) is 5.59. The zero-order chi connectivity index (χ0) is 14.4. The van der Waals surface area contributed by atoms with E-state index in [2.05, 4.69) is 10.6 Å². The largest absolute Gasteiger partial charge is 0.480 e. The van der Waals surface area contributed by atoms with Crippen LogP contribution >= 0.6 is 11.6 Å². The van der Waals surface area contributed by atoms with Gasteiger partial charge in [0, 0.05) is 17.8 Å². The summed E-state index contributed by atoms with van der Waals surface area (Å²) < 4.78 is 4.71. The number of hydrogen-bond acceptors (Lipinski definition) is 3. The first-order valence-electron chi connectivity index (χ1n) is 5.49. The van der Waals surface area contributed by atoms with E-state index >= 15 is 0 Å². The summed E-state index contributed by atoms with van der Waals surface area (Å²) in [6.45, 7) is 1.69. The number of aryl methyl sites for hydroxylation is 1. The van der Waals surface area contributed by atoms with Gasteiger partial charge in [0.25, 0.3) is 0 Å². The molecule has 1 aromatic rings. The second-order valence-electron chi connectivity index (χ2n) is 3.90. The minimum atomic E-state index is -1.17. The molecule has 0 bridgehead atoms. The first kappa shape index (κ1) is 15.3. The average molecular weight is 287 g/mol. The maximum Gasteiger partial charge on any atom is 0.328 e. The number of halogens is 1. The third-order valence-corrected chi connectivity index (χ3v) is 2.62. The van der Waals surface area contributed by atoms with E-state index < -0.39 is 18.0 Å². The molecule has 1 atom stereocenters. The van der Waals surface area contributed by atoms with E-state index in [0.29, 0.717) is 10.7 Å². The van der Waals surface area contributed by atoms with Gasteiger partial charge in [0.1, 0.15) is 0 Å². The molecule has 0 aliphatic heterocycles. The molecule has 0 radical (unpaired) electrons. The Morgan fingerprint density at radius 1 is 1.47 bits per heavy atom.